The number of benzene rings is 2. The molecule has 4 aliphatic rings. The number of halogens is 2. The number of carbonyl (C=O) groups excluding carboxylic acids is 2. The van der Waals surface area contributed by atoms with Crippen molar-refractivity contribution in [2.45, 2.75) is 100 Å². The molecule has 0 spiro atoms. The molecule has 4 atom stereocenters. The minimum absolute atomic E-state index is 0.129. The molecule has 0 amide bonds. The first kappa shape index (κ1) is 44.1. The van der Waals surface area contributed by atoms with Crippen molar-refractivity contribution in [3.05, 3.63) is 119 Å². The molecular weight excluding hydrogens is 876 g/mol. The molecule has 4 unspecified atom stereocenters. The lowest BCUT2D eigenvalue weighted by molar-refractivity contribution is -0.148. The molecule has 6 heterocycles. The molecule has 16 heteroatoms. The van der Waals surface area contributed by atoms with Gasteiger partial charge < -0.3 is 9.47 Å². The van der Waals surface area contributed by atoms with E-state index >= 15 is 0 Å². The van der Waals surface area contributed by atoms with Crippen LogP contribution in [0.5, 0.6) is 0 Å². The monoisotopic (exact) mass is 926 g/mol. The van der Waals surface area contributed by atoms with Crippen LogP contribution in [0, 0.1) is 0 Å². The summed E-state index contributed by atoms with van der Waals surface area (Å²) in [7, 11) is 0. The molecule has 4 fully saturated rings. The predicted molar refractivity (Wildman–Crippen MR) is 251 cm³/mol. The Hall–Kier alpha value is -5.80. The molecule has 2 saturated heterocycles. The van der Waals surface area contributed by atoms with Gasteiger partial charge in [0.2, 0.25) is 0 Å². The van der Waals surface area contributed by atoms with E-state index < -0.39 is 11.9 Å². The first-order valence-corrected chi connectivity index (χ1v) is 23.9. The summed E-state index contributed by atoms with van der Waals surface area (Å²) < 4.78 is 12.1. The van der Waals surface area contributed by atoms with E-state index in [1.807, 2.05) is 60.7 Å². The third-order valence-corrected chi connectivity index (χ3v) is 14.5. The maximum absolute atomic E-state index is 13.2. The van der Waals surface area contributed by atoms with Crippen LogP contribution in [0.15, 0.2) is 97.9 Å². The lowest BCUT2D eigenvalue weighted by atomic mass is 9.88. The zero-order valence-corrected chi connectivity index (χ0v) is 38.1. The molecule has 66 heavy (non-hydrogen) atoms. The molecule has 4 aromatic heterocycles. The fourth-order valence-corrected chi connectivity index (χ4v) is 11.1. The molecule has 2 saturated carbocycles. The first-order chi connectivity index (χ1) is 32.4. The zero-order valence-electron chi connectivity index (χ0n) is 36.6. The lowest BCUT2D eigenvalue weighted by Gasteiger charge is -2.38. The fraction of sp³-hybridized carbons (Fsp3) is 0.400. The maximum Gasteiger partial charge on any atom is 0.331 e. The quantitative estimate of drug-likeness (QED) is 0.0883. The van der Waals surface area contributed by atoms with Gasteiger partial charge in [-0.3, -0.25) is 20.0 Å². The number of hydrogen-bond donors (Lipinski definition) is 2. The van der Waals surface area contributed by atoms with E-state index in [2.05, 4.69) is 39.9 Å². The van der Waals surface area contributed by atoms with E-state index in [0.717, 1.165) is 147 Å². The molecule has 340 valence electrons. The van der Waals surface area contributed by atoms with Gasteiger partial charge in [0.1, 0.15) is 36.3 Å². The van der Waals surface area contributed by atoms with E-state index in [-0.39, 0.29) is 36.1 Å². The Morgan fingerprint density at radius 2 is 0.970 bits per heavy atom. The Kier molecular flexibility index (Phi) is 13.3. The van der Waals surface area contributed by atoms with Crippen molar-refractivity contribution in [3.63, 3.8) is 0 Å². The minimum Gasteiger partial charge on any atom is -0.458 e. The largest absolute Gasteiger partial charge is 0.458 e. The van der Waals surface area contributed by atoms with E-state index in [1.54, 1.807) is 25.0 Å². The number of nitrogens with one attached hydrogen (secondary N) is 2. The van der Waals surface area contributed by atoms with Crippen molar-refractivity contribution >= 4 is 35.1 Å². The van der Waals surface area contributed by atoms with Crippen molar-refractivity contribution in [2.24, 2.45) is 0 Å². The van der Waals surface area contributed by atoms with E-state index in [4.69, 9.17) is 42.9 Å². The average Bonchev–Trinajstić information content (AvgIpc) is 4.20. The molecule has 0 radical (unpaired) electrons. The lowest BCUT2D eigenvalue weighted by Crippen LogP contribution is -2.46. The van der Waals surface area contributed by atoms with Crippen LogP contribution in [0.2, 0.25) is 10.0 Å². The van der Waals surface area contributed by atoms with Gasteiger partial charge in [-0.05, 0) is 127 Å². The number of carbonyl (C=O) groups is 2. The summed E-state index contributed by atoms with van der Waals surface area (Å²) in [5.41, 5.74) is 9.39. The van der Waals surface area contributed by atoms with Crippen LogP contribution >= 0.6 is 23.2 Å². The highest BCUT2D eigenvalue weighted by molar-refractivity contribution is 6.31. The molecule has 10 rings (SSSR count). The van der Waals surface area contributed by atoms with Crippen LogP contribution in [0.1, 0.15) is 87.4 Å². The van der Waals surface area contributed by atoms with E-state index in [9.17, 15) is 9.59 Å². The van der Waals surface area contributed by atoms with Crippen molar-refractivity contribution < 1.29 is 19.1 Å². The van der Waals surface area contributed by atoms with Crippen LogP contribution in [0.4, 0.5) is 0 Å². The number of likely N-dealkylation sites (tertiary alicyclic amines) is 2. The van der Waals surface area contributed by atoms with Gasteiger partial charge >= 0.3 is 11.9 Å². The van der Waals surface area contributed by atoms with Crippen molar-refractivity contribution in [3.8, 4) is 45.0 Å². The number of aromatic amines is 2. The van der Waals surface area contributed by atoms with Crippen LogP contribution in [0.25, 0.3) is 45.0 Å². The zero-order chi connectivity index (χ0) is 45.0. The number of esters is 2. The van der Waals surface area contributed by atoms with Crippen molar-refractivity contribution in [2.75, 3.05) is 26.2 Å². The summed E-state index contributed by atoms with van der Waals surface area (Å²) in [5, 5.41) is 17.6. The summed E-state index contributed by atoms with van der Waals surface area (Å²) in [6, 6.07) is 19.5. The van der Waals surface area contributed by atoms with Crippen LogP contribution in [-0.2, 0) is 19.1 Å². The molecule has 2 aliphatic heterocycles. The van der Waals surface area contributed by atoms with Gasteiger partial charge in [-0.2, -0.15) is 10.2 Å². The van der Waals surface area contributed by atoms with Gasteiger partial charge in [-0.25, -0.2) is 29.5 Å². The molecule has 6 aromatic rings. The van der Waals surface area contributed by atoms with Gasteiger partial charge in [-0.15, -0.1) is 0 Å². The summed E-state index contributed by atoms with van der Waals surface area (Å²) in [6.07, 6.45) is 17.8. The Morgan fingerprint density at radius 3 is 1.35 bits per heavy atom. The Balaban J connectivity index is 0.719. The maximum atomic E-state index is 13.2. The number of ether oxygens (including phenoxy) is 2. The molecule has 14 nitrogen and oxygen atoms in total. The Morgan fingerprint density at radius 1 is 0.561 bits per heavy atom. The third kappa shape index (κ3) is 9.55. The van der Waals surface area contributed by atoms with Crippen LogP contribution in [0.3, 0.4) is 0 Å². The predicted octanol–water partition coefficient (Wildman–Crippen LogP) is 9.23. The van der Waals surface area contributed by atoms with Crippen LogP contribution in [-0.4, -0.2) is 113 Å². The second kappa shape index (κ2) is 20.0. The third-order valence-electron chi connectivity index (χ3n) is 14.0. The smallest absolute Gasteiger partial charge is 0.331 e. The van der Waals surface area contributed by atoms with E-state index in [1.165, 1.54) is 12.2 Å². The summed E-state index contributed by atoms with van der Waals surface area (Å²) in [6.45, 7) is 3.46. The number of aromatic nitrogens is 8. The van der Waals surface area contributed by atoms with Gasteiger partial charge in [0.15, 0.2) is 0 Å². The number of hydrogen-bond acceptors (Lipinski definition) is 12. The van der Waals surface area contributed by atoms with Gasteiger partial charge in [-0.1, -0.05) is 47.5 Å². The fourth-order valence-electron chi connectivity index (χ4n) is 10.8. The highest BCUT2D eigenvalue weighted by Crippen LogP contribution is 2.42. The summed E-state index contributed by atoms with van der Waals surface area (Å²) in [5.74, 6) is -0.513. The minimum atomic E-state index is -0.509. The second-order valence-electron chi connectivity index (χ2n) is 17.8. The highest BCUT2D eigenvalue weighted by Gasteiger charge is 2.39. The molecular formula is C50H52Cl2N10O4. The number of piperidine rings is 2. The molecule has 2 aliphatic carbocycles. The number of H-pyrrole nitrogens is 2. The van der Waals surface area contributed by atoms with Crippen LogP contribution < -0.4 is 0 Å². The number of nitrogens with zero attached hydrogens (tertiary/aromatic N) is 8. The van der Waals surface area contributed by atoms with E-state index in [0.29, 0.717) is 10.0 Å². The normalized spacial score (nSPS) is 22.3. The molecule has 2 N–H and O–H groups in total. The Bertz CT molecular complexity index is 2450. The molecule has 0 bridgehead atoms. The first-order valence-electron chi connectivity index (χ1n) is 23.1. The SMILES string of the molecule is O=C(/C=C/C(=O)OC1CCCC1N1CCC(c2[nH]nc(-c3ccc(Cl)cc3)c2-c2ccncn2)CC1)OC1CCCC1N1CCC(c2[nH]nc(-c3ccc(Cl)cc3)c2-c2ccncn2)CC1. The second-order valence-corrected chi connectivity index (χ2v) is 18.7. The van der Waals surface area contributed by atoms with Gasteiger partial charge in [0.05, 0.1) is 11.4 Å². The van der Waals surface area contributed by atoms with Crippen molar-refractivity contribution in [1.82, 2.24) is 50.1 Å². The van der Waals surface area contributed by atoms with Gasteiger partial charge in [0, 0.05) is 92.2 Å². The number of rotatable bonds is 12. The van der Waals surface area contributed by atoms with Crippen molar-refractivity contribution in [1.29, 1.82) is 0 Å². The average molecular weight is 928 g/mol. The summed E-state index contributed by atoms with van der Waals surface area (Å²) in [4.78, 5) is 48.8. The topological polar surface area (TPSA) is 168 Å². The molecule has 2 aromatic carbocycles. The Labute approximate surface area is 393 Å². The standard InChI is InChI=1S/C50H52Cl2N10O4/c51-35-11-7-31(8-12-35)47-45(37-17-23-53-29-55-37)49(59-57-47)33-19-25-61(26-20-33)39-3-1-5-41(39)65-43(63)15-16-44(64)66-42-6-2-4-40(42)62-27-21-34(22-28-62)50-46(38-18-24-54-30-56-38)48(58-60-50)32-9-13-36(52)14-10-32/h7-18,23-24,29-30,33-34,39-42H,1-6,19-22,25-28H2,(H,57,59)(H,58,60)/b16-15+. The summed E-state index contributed by atoms with van der Waals surface area (Å²) >= 11 is 12.4. The van der Waals surface area contributed by atoms with Gasteiger partial charge in [0.25, 0.3) is 0 Å². The highest BCUT2D eigenvalue weighted by atomic mass is 35.5.